The fourth-order valence-corrected chi connectivity index (χ4v) is 3.46. The lowest BCUT2D eigenvalue weighted by molar-refractivity contribution is 0.129. The van der Waals surface area contributed by atoms with Gasteiger partial charge in [-0.3, -0.25) is 0 Å². The van der Waals surface area contributed by atoms with Crippen LogP contribution in [0, 0.1) is 12.8 Å². The number of rotatable bonds is 3. The fourth-order valence-electron chi connectivity index (χ4n) is 2.69. The summed E-state index contributed by atoms with van der Waals surface area (Å²) in [6.45, 7) is 3.97. The molecular weight excluding hydrogens is 262 g/mol. The summed E-state index contributed by atoms with van der Waals surface area (Å²) < 4.78 is 28.6. The van der Waals surface area contributed by atoms with Gasteiger partial charge in [0.05, 0.1) is 11.0 Å². The van der Waals surface area contributed by atoms with Crippen LogP contribution < -0.4 is 9.88 Å². The predicted octanol–water partition coefficient (Wildman–Crippen LogP) is 2.60. The SMILES string of the molecule is Cc1cc(OC2CCCC(C)C2)ccc1S(N)(=O)=O. The van der Waals surface area contributed by atoms with Gasteiger partial charge in [0.25, 0.3) is 0 Å². The summed E-state index contributed by atoms with van der Waals surface area (Å²) >= 11 is 0. The van der Waals surface area contributed by atoms with Crippen molar-refractivity contribution >= 4 is 10.0 Å². The van der Waals surface area contributed by atoms with Gasteiger partial charge in [0.2, 0.25) is 10.0 Å². The molecule has 1 aromatic rings. The topological polar surface area (TPSA) is 69.4 Å². The molecule has 0 radical (unpaired) electrons. The van der Waals surface area contributed by atoms with E-state index in [9.17, 15) is 8.42 Å². The molecule has 1 fully saturated rings. The second-order valence-corrected chi connectivity index (χ2v) is 7.01. The van der Waals surface area contributed by atoms with Crippen molar-refractivity contribution < 1.29 is 13.2 Å². The molecule has 2 N–H and O–H groups in total. The Balaban J connectivity index is 2.12. The number of benzene rings is 1. The monoisotopic (exact) mass is 283 g/mol. The quantitative estimate of drug-likeness (QED) is 0.927. The molecule has 106 valence electrons. The first kappa shape index (κ1) is 14.3. The summed E-state index contributed by atoms with van der Waals surface area (Å²) in [5.74, 6) is 1.42. The van der Waals surface area contributed by atoms with E-state index in [1.54, 1.807) is 19.1 Å². The Morgan fingerprint density at radius 1 is 1.32 bits per heavy atom. The van der Waals surface area contributed by atoms with Crippen LogP contribution in [0.2, 0.25) is 0 Å². The second-order valence-electron chi connectivity index (χ2n) is 5.48. The maximum Gasteiger partial charge on any atom is 0.238 e. The van der Waals surface area contributed by atoms with Crippen molar-refractivity contribution in [2.24, 2.45) is 11.1 Å². The maximum atomic E-state index is 11.3. The van der Waals surface area contributed by atoms with Crippen LogP contribution >= 0.6 is 0 Å². The molecule has 19 heavy (non-hydrogen) atoms. The Morgan fingerprint density at radius 2 is 2.05 bits per heavy atom. The van der Waals surface area contributed by atoms with Crippen molar-refractivity contribution in [3.05, 3.63) is 23.8 Å². The summed E-state index contributed by atoms with van der Waals surface area (Å²) in [5.41, 5.74) is 0.629. The Bertz CT molecular complexity index is 554. The van der Waals surface area contributed by atoms with Gasteiger partial charge in [0.15, 0.2) is 0 Å². The van der Waals surface area contributed by atoms with Crippen LogP contribution in [0.1, 0.15) is 38.2 Å². The van der Waals surface area contributed by atoms with E-state index in [1.807, 2.05) is 0 Å². The highest BCUT2D eigenvalue weighted by molar-refractivity contribution is 7.89. The summed E-state index contributed by atoms with van der Waals surface area (Å²) in [7, 11) is -3.65. The van der Waals surface area contributed by atoms with E-state index in [-0.39, 0.29) is 11.0 Å². The lowest BCUT2D eigenvalue weighted by Crippen LogP contribution is -2.24. The first-order chi connectivity index (χ1) is 8.86. The summed E-state index contributed by atoms with van der Waals surface area (Å²) in [5, 5.41) is 5.14. The standard InChI is InChI=1S/C14H21NO3S/c1-10-4-3-5-12(8-10)18-13-6-7-14(11(2)9-13)19(15,16)17/h6-7,9-10,12H,3-5,8H2,1-2H3,(H2,15,16,17). The summed E-state index contributed by atoms with van der Waals surface area (Å²) in [6.07, 6.45) is 4.84. The highest BCUT2D eigenvalue weighted by Gasteiger charge is 2.20. The molecular formula is C14H21NO3S. The van der Waals surface area contributed by atoms with E-state index >= 15 is 0 Å². The molecule has 0 heterocycles. The number of ether oxygens (including phenoxy) is 1. The van der Waals surface area contributed by atoms with E-state index in [1.165, 1.54) is 18.9 Å². The van der Waals surface area contributed by atoms with Crippen molar-refractivity contribution in [3.63, 3.8) is 0 Å². The number of nitrogens with two attached hydrogens (primary N) is 1. The van der Waals surface area contributed by atoms with Crippen LogP contribution in [0.3, 0.4) is 0 Å². The van der Waals surface area contributed by atoms with Crippen LogP contribution in [0.25, 0.3) is 0 Å². The third-order valence-electron chi connectivity index (χ3n) is 3.64. The van der Waals surface area contributed by atoms with Gasteiger partial charge in [-0.25, -0.2) is 13.6 Å². The summed E-state index contributed by atoms with van der Waals surface area (Å²) in [6, 6.07) is 4.96. The van der Waals surface area contributed by atoms with Crippen molar-refractivity contribution in [1.82, 2.24) is 0 Å². The molecule has 0 aliphatic heterocycles. The minimum Gasteiger partial charge on any atom is -0.490 e. The molecule has 0 bridgehead atoms. The van der Waals surface area contributed by atoms with Gasteiger partial charge < -0.3 is 4.74 Å². The van der Waals surface area contributed by atoms with Gasteiger partial charge in [0, 0.05) is 0 Å². The lowest BCUT2D eigenvalue weighted by atomic mass is 9.89. The fraction of sp³-hybridized carbons (Fsp3) is 0.571. The number of aryl methyl sites for hydroxylation is 1. The minimum absolute atomic E-state index is 0.164. The Labute approximate surface area is 115 Å². The van der Waals surface area contributed by atoms with Gasteiger partial charge >= 0.3 is 0 Å². The summed E-state index contributed by atoms with van der Waals surface area (Å²) in [4.78, 5) is 0.164. The molecule has 4 nitrogen and oxygen atoms in total. The number of primary sulfonamides is 1. The molecule has 0 saturated heterocycles. The second kappa shape index (κ2) is 5.51. The van der Waals surface area contributed by atoms with Crippen molar-refractivity contribution in [2.75, 3.05) is 0 Å². The molecule has 2 atom stereocenters. The maximum absolute atomic E-state index is 11.3. The average Bonchev–Trinajstić information content (AvgIpc) is 2.27. The Hall–Kier alpha value is -1.07. The Kier molecular flexibility index (Phi) is 4.16. The lowest BCUT2D eigenvalue weighted by Gasteiger charge is -2.27. The molecule has 2 rings (SSSR count). The highest BCUT2D eigenvalue weighted by Crippen LogP contribution is 2.28. The first-order valence-corrected chi connectivity index (χ1v) is 8.21. The molecule has 0 aromatic heterocycles. The van der Waals surface area contributed by atoms with E-state index in [0.717, 1.165) is 18.6 Å². The van der Waals surface area contributed by atoms with E-state index < -0.39 is 10.0 Å². The van der Waals surface area contributed by atoms with Crippen LogP contribution in [-0.4, -0.2) is 14.5 Å². The zero-order valence-electron chi connectivity index (χ0n) is 11.4. The molecule has 1 aliphatic carbocycles. The van der Waals surface area contributed by atoms with E-state index in [2.05, 4.69) is 6.92 Å². The van der Waals surface area contributed by atoms with Crippen molar-refractivity contribution in [3.8, 4) is 5.75 Å². The zero-order valence-corrected chi connectivity index (χ0v) is 12.2. The van der Waals surface area contributed by atoms with Gasteiger partial charge in [-0.15, -0.1) is 0 Å². The largest absolute Gasteiger partial charge is 0.490 e. The van der Waals surface area contributed by atoms with Crippen LogP contribution in [0.5, 0.6) is 5.75 Å². The van der Waals surface area contributed by atoms with Gasteiger partial charge in [-0.2, -0.15) is 0 Å². The van der Waals surface area contributed by atoms with E-state index in [4.69, 9.17) is 9.88 Å². The zero-order chi connectivity index (χ0) is 14.0. The smallest absolute Gasteiger partial charge is 0.238 e. The van der Waals surface area contributed by atoms with Gasteiger partial charge in [0.1, 0.15) is 5.75 Å². The molecule has 0 spiro atoms. The predicted molar refractivity (Wildman–Crippen MR) is 74.6 cm³/mol. The third-order valence-corrected chi connectivity index (χ3v) is 4.72. The molecule has 0 amide bonds. The average molecular weight is 283 g/mol. The highest BCUT2D eigenvalue weighted by atomic mass is 32.2. The van der Waals surface area contributed by atoms with Crippen LogP contribution in [0.15, 0.2) is 23.1 Å². The Morgan fingerprint density at radius 3 is 2.63 bits per heavy atom. The molecule has 1 saturated carbocycles. The molecule has 5 heteroatoms. The van der Waals surface area contributed by atoms with Crippen molar-refractivity contribution in [1.29, 1.82) is 0 Å². The van der Waals surface area contributed by atoms with E-state index in [0.29, 0.717) is 11.5 Å². The minimum atomic E-state index is -3.65. The molecule has 1 aliphatic rings. The van der Waals surface area contributed by atoms with Gasteiger partial charge in [-0.05, 0) is 55.9 Å². The molecule has 2 unspecified atom stereocenters. The van der Waals surface area contributed by atoms with Gasteiger partial charge in [-0.1, -0.05) is 13.3 Å². The normalized spacial score (nSPS) is 24.2. The van der Waals surface area contributed by atoms with Crippen LogP contribution in [0.4, 0.5) is 0 Å². The van der Waals surface area contributed by atoms with Crippen molar-refractivity contribution in [2.45, 2.75) is 50.5 Å². The number of sulfonamides is 1. The number of hydrogen-bond acceptors (Lipinski definition) is 3. The van der Waals surface area contributed by atoms with Crippen LogP contribution in [-0.2, 0) is 10.0 Å². The third kappa shape index (κ3) is 3.70. The first-order valence-electron chi connectivity index (χ1n) is 6.66. The number of hydrogen-bond donors (Lipinski definition) is 1. The molecule has 1 aromatic carbocycles.